The van der Waals surface area contributed by atoms with Crippen molar-refractivity contribution in [2.45, 2.75) is 24.9 Å². The lowest BCUT2D eigenvalue weighted by molar-refractivity contribution is -0.143. The molecule has 2 N–H and O–H groups in total. The van der Waals surface area contributed by atoms with Crippen molar-refractivity contribution in [3.63, 3.8) is 0 Å². The first-order chi connectivity index (χ1) is 19.0. The number of nitrogens with one attached hydrogen (secondary N) is 2. The smallest absolute Gasteiger partial charge is 0.323 e. The van der Waals surface area contributed by atoms with E-state index in [1.165, 1.54) is 7.11 Å². The van der Waals surface area contributed by atoms with Gasteiger partial charge in [0.2, 0.25) is 0 Å². The van der Waals surface area contributed by atoms with E-state index in [-0.39, 0.29) is 18.5 Å². The lowest BCUT2D eigenvalue weighted by Crippen LogP contribution is -2.45. The highest BCUT2D eigenvalue weighted by molar-refractivity contribution is 5.76. The van der Waals surface area contributed by atoms with E-state index in [0.717, 1.165) is 22.4 Å². The second kappa shape index (κ2) is 14.0. The van der Waals surface area contributed by atoms with Crippen LogP contribution in [0.15, 0.2) is 121 Å². The molecule has 4 aromatic carbocycles. The Kier molecular flexibility index (Phi) is 9.98. The summed E-state index contributed by atoms with van der Waals surface area (Å²) < 4.78 is 33.7. The van der Waals surface area contributed by atoms with Crippen LogP contribution in [0, 0.1) is 0 Å². The van der Waals surface area contributed by atoms with Gasteiger partial charge in [0, 0.05) is 23.8 Å². The molecule has 0 saturated carbocycles. The molecule has 6 heteroatoms. The van der Waals surface area contributed by atoms with Crippen LogP contribution in [0.25, 0.3) is 16.7 Å². The molecule has 0 aliphatic carbocycles. The zero-order valence-electron chi connectivity index (χ0n) is 21.8. The van der Waals surface area contributed by atoms with Gasteiger partial charge in [-0.15, -0.1) is 0 Å². The van der Waals surface area contributed by atoms with Gasteiger partial charge in [-0.05, 0) is 47.2 Å². The first-order valence-electron chi connectivity index (χ1n) is 12.9. The van der Waals surface area contributed by atoms with Crippen LogP contribution < -0.4 is 10.6 Å². The molecule has 0 aliphatic heterocycles. The largest absolute Gasteiger partial charge is 0.468 e. The average Bonchev–Trinajstić information content (AvgIpc) is 2.98. The van der Waals surface area contributed by atoms with Crippen molar-refractivity contribution in [2.24, 2.45) is 0 Å². The summed E-state index contributed by atoms with van der Waals surface area (Å²) >= 11 is 0. The molecule has 0 aromatic heterocycles. The SMILES string of the molecule is COC(=O)[C@H](Cc1ccccc1)NCC(CC(=C(F)F)c1ccc(-c2ccccc2)cc1)Nc1ccccc1. The molecule has 0 aliphatic rings. The molecular formula is C33H32F2N2O2. The Morgan fingerprint density at radius 3 is 1.92 bits per heavy atom. The number of anilines is 1. The Bertz CT molecular complexity index is 1340. The summed E-state index contributed by atoms with van der Waals surface area (Å²) in [7, 11) is 1.35. The summed E-state index contributed by atoms with van der Waals surface area (Å²) in [6.45, 7) is 0.264. The fourth-order valence-electron chi connectivity index (χ4n) is 4.50. The number of hydrogen-bond acceptors (Lipinski definition) is 4. The third kappa shape index (κ3) is 8.09. The average molecular weight is 527 g/mol. The van der Waals surface area contributed by atoms with Crippen LogP contribution in [-0.2, 0) is 16.0 Å². The maximum Gasteiger partial charge on any atom is 0.323 e. The van der Waals surface area contributed by atoms with E-state index >= 15 is 0 Å². The lowest BCUT2D eigenvalue weighted by Gasteiger charge is -2.25. The minimum Gasteiger partial charge on any atom is -0.468 e. The fraction of sp³-hybridized carbons (Fsp3) is 0.182. The van der Waals surface area contributed by atoms with Gasteiger partial charge in [0.05, 0.1) is 7.11 Å². The summed E-state index contributed by atoms with van der Waals surface area (Å²) in [5, 5.41) is 6.63. The molecule has 4 aromatic rings. The number of halogens is 2. The highest BCUT2D eigenvalue weighted by Gasteiger charge is 2.23. The van der Waals surface area contributed by atoms with Crippen molar-refractivity contribution in [3.05, 3.63) is 132 Å². The Labute approximate surface area is 228 Å². The number of para-hydroxylation sites is 1. The van der Waals surface area contributed by atoms with Crippen molar-refractivity contribution in [2.75, 3.05) is 19.0 Å². The molecule has 200 valence electrons. The molecule has 0 radical (unpaired) electrons. The van der Waals surface area contributed by atoms with Gasteiger partial charge < -0.3 is 15.4 Å². The quantitative estimate of drug-likeness (QED) is 0.192. The monoisotopic (exact) mass is 526 g/mol. The van der Waals surface area contributed by atoms with Crippen LogP contribution in [-0.4, -0.2) is 31.7 Å². The zero-order valence-corrected chi connectivity index (χ0v) is 21.8. The number of ether oxygens (including phenoxy) is 1. The van der Waals surface area contributed by atoms with Gasteiger partial charge in [0.1, 0.15) is 6.04 Å². The van der Waals surface area contributed by atoms with Crippen molar-refractivity contribution in [3.8, 4) is 11.1 Å². The van der Waals surface area contributed by atoms with E-state index in [2.05, 4.69) is 10.6 Å². The van der Waals surface area contributed by atoms with Gasteiger partial charge in [-0.3, -0.25) is 4.79 Å². The van der Waals surface area contributed by atoms with Crippen LogP contribution in [0.5, 0.6) is 0 Å². The third-order valence-electron chi connectivity index (χ3n) is 6.54. The molecule has 4 nitrogen and oxygen atoms in total. The molecule has 0 bridgehead atoms. The van der Waals surface area contributed by atoms with Crippen LogP contribution in [0.1, 0.15) is 17.5 Å². The number of benzene rings is 4. The van der Waals surface area contributed by atoms with E-state index in [1.807, 2.05) is 103 Å². The fourth-order valence-corrected chi connectivity index (χ4v) is 4.50. The van der Waals surface area contributed by atoms with Gasteiger partial charge in [0.25, 0.3) is 6.08 Å². The molecule has 1 unspecified atom stereocenters. The van der Waals surface area contributed by atoms with Gasteiger partial charge in [-0.25, -0.2) is 0 Å². The summed E-state index contributed by atoms with van der Waals surface area (Å²) in [5.41, 5.74) is 4.18. The molecule has 0 saturated heterocycles. The molecule has 0 fully saturated rings. The molecule has 39 heavy (non-hydrogen) atoms. The van der Waals surface area contributed by atoms with E-state index in [0.29, 0.717) is 12.0 Å². The zero-order chi connectivity index (χ0) is 27.5. The van der Waals surface area contributed by atoms with Crippen LogP contribution >= 0.6 is 0 Å². The molecule has 2 atom stereocenters. The molecule has 0 amide bonds. The van der Waals surface area contributed by atoms with Crippen LogP contribution in [0.3, 0.4) is 0 Å². The Hall–Kier alpha value is -4.29. The highest BCUT2D eigenvalue weighted by Crippen LogP contribution is 2.29. The molecule has 4 rings (SSSR count). The van der Waals surface area contributed by atoms with Gasteiger partial charge in [-0.2, -0.15) is 8.78 Å². The highest BCUT2D eigenvalue weighted by atomic mass is 19.3. The first kappa shape index (κ1) is 27.7. The van der Waals surface area contributed by atoms with Crippen molar-refractivity contribution in [1.29, 1.82) is 0 Å². The Balaban J connectivity index is 1.54. The van der Waals surface area contributed by atoms with E-state index in [4.69, 9.17) is 4.74 Å². The lowest BCUT2D eigenvalue weighted by atomic mass is 9.96. The van der Waals surface area contributed by atoms with E-state index in [9.17, 15) is 13.6 Å². The predicted octanol–water partition coefficient (Wildman–Crippen LogP) is 7.21. The summed E-state index contributed by atoms with van der Waals surface area (Å²) in [5.74, 6) is -0.402. The summed E-state index contributed by atoms with van der Waals surface area (Å²) in [6.07, 6.45) is -1.25. The van der Waals surface area contributed by atoms with Crippen LogP contribution in [0.2, 0.25) is 0 Å². The molecule has 0 spiro atoms. The number of esters is 1. The summed E-state index contributed by atoms with van der Waals surface area (Å²) in [6, 6.07) is 35.0. The summed E-state index contributed by atoms with van der Waals surface area (Å²) in [4.78, 5) is 12.6. The van der Waals surface area contributed by atoms with Gasteiger partial charge in [0.15, 0.2) is 0 Å². The number of carbonyl (C=O) groups is 1. The maximum atomic E-state index is 14.3. The number of rotatable bonds is 12. The maximum absolute atomic E-state index is 14.3. The van der Waals surface area contributed by atoms with Crippen LogP contribution in [0.4, 0.5) is 14.5 Å². The van der Waals surface area contributed by atoms with Crippen molar-refractivity contribution < 1.29 is 18.3 Å². The second-order valence-electron chi connectivity index (χ2n) is 9.27. The van der Waals surface area contributed by atoms with Crippen molar-refractivity contribution in [1.82, 2.24) is 5.32 Å². The third-order valence-corrected chi connectivity index (χ3v) is 6.54. The predicted molar refractivity (Wildman–Crippen MR) is 153 cm³/mol. The molecular weight excluding hydrogens is 494 g/mol. The number of methoxy groups -OCH3 is 1. The first-order valence-corrected chi connectivity index (χ1v) is 12.9. The number of hydrogen-bond donors (Lipinski definition) is 2. The van der Waals surface area contributed by atoms with Gasteiger partial charge >= 0.3 is 5.97 Å². The second-order valence-corrected chi connectivity index (χ2v) is 9.27. The minimum absolute atomic E-state index is 0.0393. The Morgan fingerprint density at radius 1 is 0.769 bits per heavy atom. The topological polar surface area (TPSA) is 50.4 Å². The van der Waals surface area contributed by atoms with Gasteiger partial charge in [-0.1, -0.05) is 103 Å². The number of carbonyl (C=O) groups excluding carboxylic acids is 1. The van der Waals surface area contributed by atoms with E-state index < -0.39 is 24.1 Å². The minimum atomic E-state index is -1.73. The molecule has 0 heterocycles. The van der Waals surface area contributed by atoms with Crippen molar-refractivity contribution >= 4 is 17.2 Å². The standard InChI is InChI=1S/C33H32F2N2O2/c1-39-33(38)31(21-24-11-5-2-6-12-24)36-23-29(37-28-15-9-4-10-16-28)22-30(32(34)35)27-19-17-26(18-20-27)25-13-7-3-8-14-25/h2-20,29,31,36-37H,21-23H2,1H3/t29?,31-/m0/s1. The Morgan fingerprint density at radius 2 is 1.33 bits per heavy atom. The normalized spacial score (nSPS) is 12.3. The van der Waals surface area contributed by atoms with E-state index in [1.54, 1.807) is 12.1 Å².